The number of carboxylic acids is 1. The number of carboxylic acid groups (broad SMARTS) is 1. The molecule has 1 fully saturated rings. The molecule has 0 amide bonds. The molecule has 0 atom stereocenters. The van der Waals surface area contributed by atoms with Gasteiger partial charge >= 0.3 is 5.97 Å². The van der Waals surface area contributed by atoms with Crippen molar-refractivity contribution in [2.45, 2.75) is 52.7 Å². The molecule has 0 saturated carbocycles. The predicted octanol–water partition coefficient (Wildman–Crippen LogP) is 6.80. The van der Waals surface area contributed by atoms with Crippen molar-refractivity contribution in [2.24, 2.45) is 0 Å². The molecule has 2 aromatic heterocycles. The number of imidazole rings is 1. The zero-order valence-corrected chi connectivity index (χ0v) is 24.8. The first-order valence-electron chi connectivity index (χ1n) is 13.2. The first-order valence-corrected chi connectivity index (χ1v) is 14.4. The lowest BCUT2D eigenvalue weighted by molar-refractivity contribution is -0.136. The monoisotopic (exact) mass is 576 g/mol. The van der Waals surface area contributed by atoms with E-state index in [4.69, 9.17) is 26.7 Å². The highest BCUT2D eigenvalue weighted by atomic mass is 35.5. The number of thiazole rings is 1. The van der Waals surface area contributed by atoms with Gasteiger partial charge in [0, 0.05) is 29.2 Å². The van der Waals surface area contributed by atoms with Crippen molar-refractivity contribution in [3.8, 4) is 21.7 Å². The number of hydrogen-bond acceptors (Lipinski definition) is 6. The maximum Gasteiger partial charge on any atom is 0.307 e. The second-order valence-corrected chi connectivity index (χ2v) is 12.6. The molecule has 1 aliphatic heterocycles. The van der Waals surface area contributed by atoms with E-state index in [1.807, 2.05) is 37.3 Å². The third-order valence-corrected chi connectivity index (χ3v) is 8.10. The smallest absolute Gasteiger partial charge is 0.307 e. The zero-order valence-electron chi connectivity index (χ0n) is 23.2. The van der Waals surface area contributed by atoms with E-state index < -0.39 is 11.6 Å². The van der Waals surface area contributed by atoms with E-state index in [0.717, 1.165) is 73.0 Å². The van der Waals surface area contributed by atoms with Crippen LogP contribution >= 0.6 is 22.9 Å². The summed E-state index contributed by atoms with van der Waals surface area (Å²) in [6.07, 6.45) is -0.0488. The van der Waals surface area contributed by atoms with Crippen molar-refractivity contribution in [3.05, 3.63) is 70.5 Å². The minimum atomic E-state index is -0.855. The maximum atomic E-state index is 11.7. The van der Waals surface area contributed by atoms with Crippen LogP contribution in [0.2, 0.25) is 5.02 Å². The summed E-state index contributed by atoms with van der Waals surface area (Å²) in [5, 5.41) is 23.0. The van der Waals surface area contributed by atoms with Crippen molar-refractivity contribution >= 4 is 50.2 Å². The van der Waals surface area contributed by atoms with Gasteiger partial charge in [-0.25, -0.2) is 9.97 Å². The van der Waals surface area contributed by atoms with E-state index in [1.54, 1.807) is 32.1 Å². The van der Waals surface area contributed by atoms with Crippen molar-refractivity contribution in [3.63, 3.8) is 0 Å². The number of nitrogens with one attached hydrogen (secondary N) is 1. The van der Waals surface area contributed by atoms with Gasteiger partial charge in [-0.15, -0.1) is 11.3 Å². The zero-order chi connectivity index (χ0) is 28.8. The summed E-state index contributed by atoms with van der Waals surface area (Å²) in [7, 11) is 0. The van der Waals surface area contributed by atoms with Gasteiger partial charge in [0.25, 0.3) is 0 Å². The van der Waals surface area contributed by atoms with Gasteiger partial charge in [0.05, 0.1) is 39.3 Å². The number of carbonyl (C=O) groups is 1. The highest BCUT2D eigenvalue weighted by molar-refractivity contribution is 7.22. The first kappa shape index (κ1) is 28.2. The summed E-state index contributed by atoms with van der Waals surface area (Å²) in [5.74, 6) is 0.166. The Morgan fingerprint density at radius 2 is 1.70 bits per heavy atom. The van der Waals surface area contributed by atoms with Gasteiger partial charge in [-0.1, -0.05) is 23.7 Å². The largest absolute Gasteiger partial charge is 0.481 e. The van der Waals surface area contributed by atoms with E-state index >= 15 is 0 Å². The van der Waals surface area contributed by atoms with Gasteiger partial charge in [0.1, 0.15) is 10.8 Å². The Labute approximate surface area is 242 Å². The summed E-state index contributed by atoms with van der Waals surface area (Å²) < 4.78 is 3.30. The molecule has 0 aliphatic carbocycles. The van der Waals surface area contributed by atoms with Crippen LogP contribution < -0.4 is 5.32 Å². The molecule has 0 spiro atoms. The molecular weight excluding hydrogens is 544 g/mol. The minimum absolute atomic E-state index is 0.0488. The predicted molar refractivity (Wildman–Crippen MR) is 163 cm³/mol. The van der Waals surface area contributed by atoms with Gasteiger partial charge in [0.2, 0.25) is 0 Å². The Kier molecular flexibility index (Phi) is 7.72. The molecule has 208 valence electrons. The van der Waals surface area contributed by atoms with Gasteiger partial charge < -0.3 is 20.1 Å². The van der Waals surface area contributed by atoms with Crippen LogP contribution in [0.15, 0.2) is 48.5 Å². The van der Waals surface area contributed by atoms with E-state index in [1.165, 1.54) is 0 Å². The number of hydrogen-bond donors (Lipinski definition) is 3. The molecule has 1 aliphatic rings. The lowest BCUT2D eigenvalue weighted by Crippen LogP contribution is -2.43. The number of aliphatic carboxylic acids is 1. The Balaban J connectivity index is 0.000000595. The molecule has 0 bridgehead atoms. The number of aromatic nitrogens is 3. The Bertz CT molecular complexity index is 1710. The SMILES string of the molecule is CC(C)(C)O.Cc1cc2nc(-c3ccc4nc(C)n(C5CNC5)c4c3)sc2c(-c2ccc(Cl)cc2)c1CC(=O)O. The molecule has 40 heavy (non-hydrogen) atoms. The van der Waals surface area contributed by atoms with Crippen LogP contribution in [0.1, 0.15) is 43.8 Å². The molecule has 7 nitrogen and oxygen atoms in total. The molecule has 3 aromatic carbocycles. The number of aryl methyl sites for hydroxylation is 2. The number of halogens is 1. The summed E-state index contributed by atoms with van der Waals surface area (Å²) in [5.41, 5.74) is 7.10. The highest BCUT2D eigenvalue weighted by Crippen LogP contribution is 2.41. The van der Waals surface area contributed by atoms with Crippen LogP contribution in [0.3, 0.4) is 0 Å². The van der Waals surface area contributed by atoms with E-state index in [9.17, 15) is 9.90 Å². The lowest BCUT2D eigenvalue weighted by atomic mass is 9.93. The Morgan fingerprint density at radius 3 is 2.30 bits per heavy atom. The lowest BCUT2D eigenvalue weighted by Gasteiger charge is -2.30. The quantitative estimate of drug-likeness (QED) is 0.213. The molecule has 6 rings (SSSR count). The standard InChI is InChI=1S/C27H23ClN4O2S.C4H10O/c1-14-9-22-26(25(20(14)11-24(33)34)16-3-6-18(28)7-4-16)35-27(31-22)17-5-8-21-23(10-17)32(15(2)30-21)19-12-29-13-19;1-4(2,3)5/h3-10,19,29H,11-13H2,1-2H3,(H,33,34);5H,1-3H3. The van der Waals surface area contributed by atoms with Crippen molar-refractivity contribution in [1.29, 1.82) is 0 Å². The highest BCUT2D eigenvalue weighted by Gasteiger charge is 2.24. The molecule has 0 radical (unpaired) electrons. The number of aliphatic hydroxyl groups is 1. The number of rotatable bonds is 5. The summed E-state index contributed by atoms with van der Waals surface area (Å²) in [6.45, 7) is 11.1. The summed E-state index contributed by atoms with van der Waals surface area (Å²) in [4.78, 5) is 21.5. The third kappa shape index (κ3) is 5.90. The van der Waals surface area contributed by atoms with Crippen LogP contribution in [0, 0.1) is 13.8 Å². The van der Waals surface area contributed by atoms with Crippen LogP contribution in [0.25, 0.3) is 42.9 Å². The fourth-order valence-electron chi connectivity index (χ4n) is 4.92. The van der Waals surface area contributed by atoms with Crippen LogP contribution in [-0.2, 0) is 11.2 Å². The number of fused-ring (bicyclic) bond motifs is 2. The average molecular weight is 577 g/mol. The van der Waals surface area contributed by atoms with Crippen molar-refractivity contribution in [2.75, 3.05) is 13.1 Å². The topological polar surface area (TPSA) is 100 Å². The summed E-state index contributed by atoms with van der Waals surface area (Å²) in [6, 6.07) is 16.3. The number of benzene rings is 3. The Morgan fingerprint density at radius 1 is 1.05 bits per heavy atom. The van der Waals surface area contributed by atoms with Crippen LogP contribution in [0.5, 0.6) is 0 Å². The number of nitrogens with zero attached hydrogens (tertiary/aromatic N) is 3. The molecule has 9 heteroatoms. The summed E-state index contributed by atoms with van der Waals surface area (Å²) >= 11 is 7.74. The molecule has 0 unspecified atom stereocenters. The van der Waals surface area contributed by atoms with Gasteiger partial charge in [-0.3, -0.25) is 4.79 Å². The minimum Gasteiger partial charge on any atom is -0.481 e. The maximum absolute atomic E-state index is 11.7. The van der Waals surface area contributed by atoms with Gasteiger partial charge in [-0.05, 0) is 87.7 Å². The molecule has 5 aromatic rings. The fourth-order valence-corrected chi connectivity index (χ4v) is 6.18. The second kappa shape index (κ2) is 10.9. The van der Waals surface area contributed by atoms with Crippen molar-refractivity contribution in [1.82, 2.24) is 19.9 Å². The molecular formula is C31H33ClN4O3S. The fraction of sp³-hybridized carbons (Fsp3) is 0.323. The van der Waals surface area contributed by atoms with Crippen LogP contribution in [-0.4, -0.2) is 49.4 Å². The van der Waals surface area contributed by atoms with Gasteiger partial charge in [0.15, 0.2) is 0 Å². The first-order chi connectivity index (χ1) is 18.9. The van der Waals surface area contributed by atoms with E-state index in [0.29, 0.717) is 11.1 Å². The normalized spacial score (nSPS) is 13.8. The molecule has 3 heterocycles. The van der Waals surface area contributed by atoms with Crippen LogP contribution in [0.4, 0.5) is 0 Å². The van der Waals surface area contributed by atoms with Crippen molar-refractivity contribution < 1.29 is 15.0 Å². The van der Waals surface area contributed by atoms with E-state index in [-0.39, 0.29) is 6.42 Å². The molecule has 1 saturated heterocycles. The third-order valence-electron chi connectivity index (χ3n) is 6.71. The average Bonchev–Trinajstić information content (AvgIpc) is 3.38. The Hall–Kier alpha value is -3.30. The van der Waals surface area contributed by atoms with Gasteiger partial charge in [-0.2, -0.15) is 0 Å². The second-order valence-electron chi connectivity index (χ2n) is 11.2. The van der Waals surface area contributed by atoms with E-state index in [2.05, 4.69) is 35.0 Å². The molecule has 3 N–H and O–H groups in total.